The van der Waals surface area contributed by atoms with Crippen LogP contribution in [0, 0.1) is 0 Å². The number of nitrogens with two attached hydrogens (primary N) is 1. The average molecular weight is 383 g/mol. The van der Waals surface area contributed by atoms with Crippen molar-refractivity contribution in [3.8, 4) is 11.3 Å². The second-order valence-corrected chi connectivity index (χ2v) is 7.06. The van der Waals surface area contributed by atoms with Crippen LogP contribution >= 0.6 is 23.1 Å². The minimum absolute atomic E-state index is 0.163. The van der Waals surface area contributed by atoms with Crippen LogP contribution < -0.4 is 11.1 Å². The van der Waals surface area contributed by atoms with Gasteiger partial charge in [-0.2, -0.15) is 0 Å². The Kier molecular flexibility index (Phi) is 4.50. The van der Waals surface area contributed by atoms with Crippen LogP contribution in [0.15, 0.2) is 47.2 Å². The van der Waals surface area contributed by atoms with Crippen LogP contribution in [0.5, 0.6) is 0 Å². The molecule has 1 amide bonds. The van der Waals surface area contributed by atoms with E-state index in [1.54, 1.807) is 0 Å². The Hall–Kier alpha value is -2.98. The molecule has 3 aromatic heterocycles. The first-order valence-corrected chi connectivity index (χ1v) is 9.45. The number of hydrogen-bond acceptors (Lipinski definition) is 8. The third kappa shape index (κ3) is 3.51. The van der Waals surface area contributed by atoms with Crippen LogP contribution in [0.25, 0.3) is 22.4 Å². The van der Waals surface area contributed by atoms with Crippen LogP contribution in [0.3, 0.4) is 0 Å². The molecule has 0 spiro atoms. The molecule has 26 heavy (non-hydrogen) atoms. The molecule has 0 bridgehead atoms. The number of aromatic nitrogens is 5. The highest BCUT2D eigenvalue weighted by atomic mass is 32.2. The number of carbonyl (C=O) groups excluding carboxylic acids is 1. The van der Waals surface area contributed by atoms with E-state index in [0.717, 1.165) is 11.3 Å². The van der Waals surface area contributed by atoms with Gasteiger partial charge in [-0.3, -0.25) is 4.79 Å². The van der Waals surface area contributed by atoms with E-state index in [1.165, 1.54) is 29.4 Å². The van der Waals surface area contributed by atoms with Crippen molar-refractivity contribution in [3.05, 3.63) is 42.0 Å². The lowest BCUT2D eigenvalue weighted by atomic mass is 10.2. The fourth-order valence-electron chi connectivity index (χ4n) is 2.26. The number of amides is 1. The Morgan fingerprint density at radius 1 is 1.23 bits per heavy atom. The number of nitrogen functional groups attached to an aromatic ring is 1. The zero-order valence-corrected chi connectivity index (χ0v) is 15.0. The lowest BCUT2D eigenvalue weighted by Gasteiger charge is -2.00. The number of thiazole rings is 1. The Morgan fingerprint density at radius 2 is 2.08 bits per heavy atom. The van der Waals surface area contributed by atoms with Crippen molar-refractivity contribution < 1.29 is 4.79 Å². The second-order valence-electron chi connectivity index (χ2n) is 5.24. The van der Waals surface area contributed by atoms with Crippen molar-refractivity contribution in [2.45, 2.75) is 5.16 Å². The van der Waals surface area contributed by atoms with E-state index in [2.05, 4.69) is 30.2 Å². The number of aromatic amines is 1. The van der Waals surface area contributed by atoms with Gasteiger partial charge in [-0.15, -0.1) is 11.3 Å². The minimum atomic E-state index is -0.163. The monoisotopic (exact) mass is 383 g/mol. The first-order valence-electron chi connectivity index (χ1n) is 7.59. The van der Waals surface area contributed by atoms with Gasteiger partial charge < -0.3 is 16.0 Å². The number of fused-ring (bicyclic) bond motifs is 1. The number of thioether (sulfide) groups is 1. The van der Waals surface area contributed by atoms with E-state index < -0.39 is 0 Å². The van der Waals surface area contributed by atoms with Crippen LogP contribution in [0.2, 0.25) is 0 Å². The number of rotatable bonds is 5. The summed E-state index contributed by atoms with van der Waals surface area (Å²) in [6.07, 6.45) is 1.35. The molecule has 4 N–H and O–H groups in total. The zero-order chi connectivity index (χ0) is 17.9. The van der Waals surface area contributed by atoms with E-state index in [1.807, 2.05) is 35.7 Å². The first-order chi connectivity index (χ1) is 12.7. The molecule has 0 fully saturated rings. The van der Waals surface area contributed by atoms with Gasteiger partial charge in [0.1, 0.15) is 11.8 Å². The Balaban J connectivity index is 1.38. The van der Waals surface area contributed by atoms with Crippen LogP contribution in [-0.4, -0.2) is 36.6 Å². The van der Waals surface area contributed by atoms with Gasteiger partial charge in [-0.1, -0.05) is 42.1 Å². The van der Waals surface area contributed by atoms with E-state index in [0.29, 0.717) is 27.3 Å². The molecule has 0 saturated heterocycles. The molecule has 8 nitrogen and oxygen atoms in total. The number of hydrogen-bond donors (Lipinski definition) is 3. The number of carbonyl (C=O) groups is 1. The summed E-state index contributed by atoms with van der Waals surface area (Å²) in [5, 5.41) is 5.84. The van der Waals surface area contributed by atoms with Gasteiger partial charge in [0.25, 0.3) is 0 Å². The molecule has 0 unspecified atom stereocenters. The van der Waals surface area contributed by atoms with Crippen LogP contribution in [-0.2, 0) is 4.79 Å². The maximum absolute atomic E-state index is 12.2. The highest BCUT2D eigenvalue weighted by Crippen LogP contribution is 2.25. The van der Waals surface area contributed by atoms with Crippen molar-refractivity contribution in [2.75, 3.05) is 16.8 Å². The van der Waals surface area contributed by atoms with Gasteiger partial charge in [0, 0.05) is 10.9 Å². The van der Waals surface area contributed by atoms with Gasteiger partial charge in [0.15, 0.2) is 21.8 Å². The molecule has 0 aliphatic heterocycles. The summed E-state index contributed by atoms with van der Waals surface area (Å²) in [6.45, 7) is 0. The van der Waals surface area contributed by atoms with Crippen LogP contribution in [0.1, 0.15) is 0 Å². The summed E-state index contributed by atoms with van der Waals surface area (Å²) in [6, 6.07) is 9.81. The number of nitrogens with zero attached hydrogens (tertiary/aromatic N) is 4. The summed E-state index contributed by atoms with van der Waals surface area (Å²) >= 11 is 2.65. The molecule has 4 rings (SSSR count). The lowest BCUT2D eigenvalue weighted by Crippen LogP contribution is -2.13. The number of benzene rings is 1. The van der Waals surface area contributed by atoms with Gasteiger partial charge >= 0.3 is 0 Å². The van der Waals surface area contributed by atoms with Gasteiger partial charge in [-0.25, -0.2) is 19.9 Å². The first kappa shape index (κ1) is 16.5. The fourth-order valence-corrected chi connectivity index (χ4v) is 3.66. The molecule has 1 aromatic carbocycles. The van der Waals surface area contributed by atoms with E-state index in [9.17, 15) is 4.79 Å². The summed E-state index contributed by atoms with van der Waals surface area (Å²) in [4.78, 5) is 31.8. The average Bonchev–Trinajstić information content (AvgIpc) is 3.28. The highest BCUT2D eigenvalue weighted by molar-refractivity contribution is 7.99. The normalized spacial score (nSPS) is 10.9. The van der Waals surface area contributed by atoms with Crippen molar-refractivity contribution in [2.24, 2.45) is 0 Å². The van der Waals surface area contributed by atoms with E-state index in [-0.39, 0.29) is 11.7 Å². The summed E-state index contributed by atoms with van der Waals surface area (Å²) < 4.78 is 0. The Bertz CT molecular complexity index is 1060. The summed E-state index contributed by atoms with van der Waals surface area (Å²) in [7, 11) is 0. The molecule has 0 aliphatic rings. The molecule has 3 heterocycles. The number of anilines is 2. The zero-order valence-electron chi connectivity index (χ0n) is 13.3. The largest absolute Gasteiger partial charge is 0.382 e. The Morgan fingerprint density at radius 3 is 2.88 bits per heavy atom. The fraction of sp³-hybridized carbons (Fsp3) is 0.0625. The summed E-state index contributed by atoms with van der Waals surface area (Å²) in [5.74, 6) is 0.353. The quantitative estimate of drug-likeness (QED) is 0.453. The van der Waals surface area contributed by atoms with Crippen LogP contribution in [0.4, 0.5) is 10.9 Å². The van der Waals surface area contributed by atoms with Gasteiger partial charge in [-0.05, 0) is 0 Å². The predicted molar refractivity (Wildman–Crippen MR) is 103 cm³/mol. The molecule has 0 aliphatic carbocycles. The lowest BCUT2D eigenvalue weighted by molar-refractivity contribution is -0.113. The highest BCUT2D eigenvalue weighted by Gasteiger charge is 2.12. The van der Waals surface area contributed by atoms with E-state index in [4.69, 9.17) is 5.73 Å². The number of H-pyrrole nitrogens is 1. The smallest absolute Gasteiger partial charge is 0.236 e. The third-order valence-electron chi connectivity index (χ3n) is 3.46. The topological polar surface area (TPSA) is 122 Å². The Labute approximate surface area is 156 Å². The second kappa shape index (κ2) is 7.10. The van der Waals surface area contributed by atoms with Crippen molar-refractivity contribution in [1.29, 1.82) is 0 Å². The minimum Gasteiger partial charge on any atom is -0.382 e. The molecule has 4 aromatic rings. The maximum Gasteiger partial charge on any atom is 0.236 e. The predicted octanol–water partition coefficient (Wildman–Crippen LogP) is 2.79. The SMILES string of the molecule is Nc1ncnc2nc(SCC(=O)Nc3nc(-c4ccccc4)cs3)[nH]c12. The molecule has 0 atom stereocenters. The molecular formula is C16H13N7OS2. The standard InChI is InChI=1S/C16H13N7OS2/c17-13-12-14(19-8-18-13)23-16(22-12)26-7-11(24)21-15-20-10(6-25-15)9-4-2-1-3-5-9/h1-6,8H,7H2,(H,20,21,24)(H3,17,18,19,22,23). The van der Waals surface area contributed by atoms with Gasteiger partial charge in [0.05, 0.1) is 11.4 Å². The molecule has 10 heteroatoms. The molecule has 0 radical (unpaired) electrons. The van der Waals surface area contributed by atoms with Gasteiger partial charge in [0.2, 0.25) is 5.91 Å². The van der Waals surface area contributed by atoms with Crippen molar-refractivity contribution >= 4 is 51.1 Å². The van der Waals surface area contributed by atoms with Crippen molar-refractivity contribution in [3.63, 3.8) is 0 Å². The number of nitrogens with one attached hydrogen (secondary N) is 2. The third-order valence-corrected chi connectivity index (χ3v) is 5.09. The van der Waals surface area contributed by atoms with E-state index >= 15 is 0 Å². The maximum atomic E-state index is 12.2. The summed E-state index contributed by atoms with van der Waals surface area (Å²) in [5.41, 5.74) is 8.66. The molecule has 130 valence electrons. The van der Waals surface area contributed by atoms with Crippen molar-refractivity contribution in [1.82, 2.24) is 24.9 Å². The molecular weight excluding hydrogens is 370 g/mol. The molecule has 0 saturated carbocycles. The number of imidazole rings is 1.